The summed E-state index contributed by atoms with van der Waals surface area (Å²) in [5.74, 6) is -0.333. The highest BCUT2D eigenvalue weighted by Crippen LogP contribution is 2.18. The number of hydrogen-bond acceptors (Lipinski definition) is 4. The van der Waals surface area contributed by atoms with Gasteiger partial charge in [0.05, 0.1) is 6.33 Å². The van der Waals surface area contributed by atoms with Gasteiger partial charge in [-0.15, -0.1) is 0 Å². The van der Waals surface area contributed by atoms with Crippen LogP contribution >= 0.6 is 11.6 Å². The molecule has 88 valence electrons. The van der Waals surface area contributed by atoms with Gasteiger partial charge in [0.25, 0.3) is 5.56 Å². The highest BCUT2D eigenvalue weighted by Gasteiger charge is 2.07. The van der Waals surface area contributed by atoms with Crippen LogP contribution < -0.4 is 10.9 Å². The molecule has 0 unspecified atom stereocenters. The molecule has 17 heavy (non-hydrogen) atoms. The van der Waals surface area contributed by atoms with E-state index >= 15 is 0 Å². The number of rotatable bonds is 3. The molecule has 0 aliphatic heterocycles. The summed E-state index contributed by atoms with van der Waals surface area (Å²) >= 11 is 5.97. The Labute approximate surface area is 102 Å². The SMILES string of the molecule is O=c1[nH]cnc(O)c1NCc1ccccc1Cl. The predicted molar refractivity (Wildman–Crippen MR) is 65.3 cm³/mol. The standard InChI is InChI=1S/C11H10ClN3O2/c12-8-4-2-1-3-7(8)5-13-9-10(16)14-6-15-11(9)17/h1-4,6,13H,5H2,(H2,14,15,16,17). The Morgan fingerprint density at radius 3 is 2.88 bits per heavy atom. The maximum atomic E-state index is 11.4. The van der Waals surface area contributed by atoms with Gasteiger partial charge in [0.2, 0.25) is 5.88 Å². The first-order valence-electron chi connectivity index (χ1n) is 4.92. The molecule has 5 nitrogen and oxygen atoms in total. The van der Waals surface area contributed by atoms with Crippen LogP contribution in [0.4, 0.5) is 5.69 Å². The van der Waals surface area contributed by atoms with Crippen molar-refractivity contribution < 1.29 is 5.11 Å². The quantitative estimate of drug-likeness (QED) is 0.777. The number of halogens is 1. The molecular formula is C11H10ClN3O2. The van der Waals surface area contributed by atoms with E-state index in [1.165, 1.54) is 0 Å². The van der Waals surface area contributed by atoms with Crippen LogP contribution in [0.2, 0.25) is 5.02 Å². The van der Waals surface area contributed by atoms with Gasteiger partial charge in [-0.2, -0.15) is 0 Å². The number of hydrogen-bond donors (Lipinski definition) is 3. The molecule has 0 aliphatic carbocycles. The van der Waals surface area contributed by atoms with Crippen molar-refractivity contribution >= 4 is 17.3 Å². The van der Waals surface area contributed by atoms with Gasteiger partial charge in [-0.3, -0.25) is 4.79 Å². The fourth-order valence-corrected chi connectivity index (χ4v) is 1.58. The molecule has 2 rings (SSSR count). The summed E-state index contributed by atoms with van der Waals surface area (Å²) in [6.07, 6.45) is 1.14. The molecule has 6 heteroatoms. The lowest BCUT2D eigenvalue weighted by Crippen LogP contribution is -2.14. The Balaban J connectivity index is 2.19. The van der Waals surface area contributed by atoms with E-state index in [9.17, 15) is 9.90 Å². The fraction of sp³-hybridized carbons (Fsp3) is 0.0909. The first kappa shape index (κ1) is 11.5. The van der Waals surface area contributed by atoms with Gasteiger partial charge in [0, 0.05) is 11.6 Å². The zero-order valence-electron chi connectivity index (χ0n) is 8.77. The number of aromatic nitrogens is 2. The molecule has 0 amide bonds. The summed E-state index contributed by atoms with van der Waals surface area (Å²) in [7, 11) is 0. The number of benzene rings is 1. The van der Waals surface area contributed by atoms with Crippen LogP contribution in [0.15, 0.2) is 35.4 Å². The van der Waals surface area contributed by atoms with Gasteiger partial charge in [-0.1, -0.05) is 29.8 Å². The summed E-state index contributed by atoms with van der Waals surface area (Å²) in [6.45, 7) is 0.335. The average molecular weight is 252 g/mol. The zero-order valence-corrected chi connectivity index (χ0v) is 9.53. The minimum Gasteiger partial charge on any atom is -0.492 e. The van der Waals surface area contributed by atoms with E-state index in [1.807, 2.05) is 18.2 Å². The van der Waals surface area contributed by atoms with Crippen molar-refractivity contribution in [2.75, 3.05) is 5.32 Å². The third kappa shape index (κ3) is 2.57. The average Bonchev–Trinajstić information content (AvgIpc) is 2.30. The van der Waals surface area contributed by atoms with Crippen LogP contribution in [-0.2, 0) is 6.54 Å². The van der Waals surface area contributed by atoms with Gasteiger partial charge >= 0.3 is 0 Å². The number of H-pyrrole nitrogens is 1. The van der Waals surface area contributed by atoms with Crippen molar-refractivity contribution in [3.63, 3.8) is 0 Å². The first-order valence-corrected chi connectivity index (χ1v) is 5.30. The topological polar surface area (TPSA) is 78.0 Å². The third-order valence-electron chi connectivity index (χ3n) is 2.25. The van der Waals surface area contributed by atoms with Crippen LogP contribution in [0.25, 0.3) is 0 Å². The predicted octanol–water partition coefficient (Wildman–Crippen LogP) is 1.74. The van der Waals surface area contributed by atoms with E-state index in [1.54, 1.807) is 6.07 Å². The Bertz CT molecular complexity index is 583. The second kappa shape index (κ2) is 4.88. The Kier molecular flexibility index (Phi) is 3.30. The molecular weight excluding hydrogens is 242 g/mol. The number of nitrogens with one attached hydrogen (secondary N) is 2. The van der Waals surface area contributed by atoms with Crippen molar-refractivity contribution in [3.05, 3.63) is 51.5 Å². The summed E-state index contributed by atoms with van der Waals surface area (Å²) < 4.78 is 0. The van der Waals surface area contributed by atoms with Gasteiger partial charge in [0.1, 0.15) is 0 Å². The maximum Gasteiger partial charge on any atom is 0.278 e. The summed E-state index contributed by atoms with van der Waals surface area (Å²) in [6, 6.07) is 7.25. The molecule has 1 heterocycles. The van der Waals surface area contributed by atoms with Crippen LogP contribution in [0.5, 0.6) is 5.88 Å². The Morgan fingerprint density at radius 1 is 1.41 bits per heavy atom. The second-order valence-electron chi connectivity index (χ2n) is 3.38. The van der Waals surface area contributed by atoms with Crippen molar-refractivity contribution in [2.24, 2.45) is 0 Å². The van der Waals surface area contributed by atoms with E-state index in [2.05, 4.69) is 15.3 Å². The van der Waals surface area contributed by atoms with Gasteiger partial charge < -0.3 is 15.4 Å². The van der Waals surface area contributed by atoms with Crippen LogP contribution in [0.3, 0.4) is 0 Å². The van der Waals surface area contributed by atoms with Crippen LogP contribution in [-0.4, -0.2) is 15.1 Å². The molecule has 0 atom stereocenters. The van der Waals surface area contributed by atoms with Crippen LogP contribution in [0.1, 0.15) is 5.56 Å². The van der Waals surface area contributed by atoms with E-state index in [-0.39, 0.29) is 11.6 Å². The number of anilines is 1. The minimum atomic E-state index is -0.426. The van der Waals surface area contributed by atoms with E-state index in [4.69, 9.17) is 11.6 Å². The fourth-order valence-electron chi connectivity index (χ4n) is 1.38. The number of aromatic amines is 1. The van der Waals surface area contributed by atoms with Gasteiger partial charge in [0.15, 0.2) is 5.69 Å². The molecule has 0 bridgehead atoms. The van der Waals surface area contributed by atoms with Crippen molar-refractivity contribution in [2.45, 2.75) is 6.54 Å². The minimum absolute atomic E-state index is 0.0346. The molecule has 2 aromatic rings. The van der Waals surface area contributed by atoms with Crippen molar-refractivity contribution in [1.29, 1.82) is 0 Å². The molecule has 0 saturated heterocycles. The Morgan fingerprint density at radius 2 is 2.18 bits per heavy atom. The maximum absolute atomic E-state index is 11.4. The lowest BCUT2D eigenvalue weighted by molar-refractivity contribution is 0.453. The largest absolute Gasteiger partial charge is 0.492 e. The molecule has 0 radical (unpaired) electrons. The van der Waals surface area contributed by atoms with Gasteiger partial charge in [-0.25, -0.2) is 4.98 Å². The number of aromatic hydroxyl groups is 1. The highest BCUT2D eigenvalue weighted by atomic mass is 35.5. The lowest BCUT2D eigenvalue weighted by Gasteiger charge is -2.07. The van der Waals surface area contributed by atoms with E-state index < -0.39 is 5.56 Å². The molecule has 0 aliphatic rings. The van der Waals surface area contributed by atoms with Crippen LogP contribution in [0, 0.1) is 0 Å². The monoisotopic (exact) mass is 251 g/mol. The summed E-state index contributed by atoms with van der Waals surface area (Å²) in [4.78, 5) is 17.3. The number of nitrogens with zero attached hydrogens (tertiary/aromatic N) is 1. The third-order valence-corrected chi connectivity index (χ3v) is 2.62. The van der Waals surface area contributed by atoms with Gasteiger partial charge in [-0.05, 0) is 11.6 Å². The van der Waals surface area contributed by atoms with E-state index in [0.717, 1.165) is 11.9 Å². The van der Waals surface area contributed by atoms with E-state index in [0.29, 0.717) is 11.6 Å². The molecule has 0 spiro atoms. The molecule has 3 N–H and O–H groups in total. The van der Waals surface area contributed by atoms with Crippen molar-refractivity contribution in [3.8, 4) is 5.88 Å². The molecule has 0 saturated carbocycles. The molecule has 1 aromatic carbocycles. The molecule has 0 fully saturated rings. The lowest BCUT2D eigenvalue weighted by atomic mass is 10.2. The normalized spacial score (nSPS) is 10.2. The molecule has 1 aromatic heterocycles. The highest BCUT2D eigenvalue weighted by molar-refractivity contribution is 6.31. The second-order valence-corrected chi connectivity index (χ2v) is 3.78. The summed E-state index contributed by atoms with van der Waals surface area (Å²) in [5, 5.41) is 12.8. The summed E-state index contributed by atoms with van der Waals surface area (Å²) in [5.41, 5.74) is 0.439. The zero-order chi connectivity index (χ0) is 12.3. The Hall–Kier alpha value is -2.01. The van der Waals surface area contributed by atoms with Crippen molar-refractivity contribution in [1.82, 2.24) is 9.97 Å². The smallest absolute Gasteiger partial charge is 0.278 e. The first-order chi connectivity index (χ1) is 8.18.